The lowest BCUT2D eigenvalue weighted by atomic mass is 10.3. The standard InChI is InChI=1S/C14H12ClN3OS2/c1-2-9-11(20-8-5-3-7(15)4-6-8)10-12(19)17-14(16)18-13(10)21-9/h3-6H,2H2,1H3,(H3,16,17,18,19). The van der Waals surface area contributed by atoms with Crippen LogP contribution in [-0.4, -0.2) is 9.97 Å². The number of nitrogen functional groups attached to an aromatic ring is 1. The zero-order valence-corrected chi connectivity index (χ0v) is 13.5. The quantitative estimate of drug-likeness (QED) is 0.759. The van der Waals surface area contributed by atoms with Crippen LogP contribution in [0, 0.1) is 0 Å². The lowest BCUT2D eigenvalue weighted by Gasteiger charge is -2.03. The molecular formula is C14H12ClN3OS2. The maximum Gasteiger partial charge on any atom is 0.262 e. The molecule has 0 fully saturated rings. The van der Waals surface area contributed by atoms with Gasteiger partial charge < -0.3 is 5.73 Å². The van der Waals surface area contributed by atoms with E-state index in [-0.39, 0.29) is 11.5 Å². The number of hydrogen-bond acceptors (Lipinski definition) is 5. The molecular weight excluding hydrogens is 326 g/mol. The van der Waals surface area contributed by atoms with E-state index in [1.807, 2.05) is 24.3 Å². The molecule has 21 heavy (non-hydrogen) atoms. The van der Waals surface area contributed by atoms with Crippen molar-refractivity contribution in [3.63, 3.8) is 0 Å². The second-order valence-electron chi connectivity index (χ2n) is 4.40. The summed E-state index contributed by atoms with van der Waals surface area (Å²) in [4.78, 5) is 22.8. The summed E-state index contributed by atoms with van der Waals surface area (Å²) in [6.45, 7) is 2.06. The lowest BCUT2D eigenvalue weighted by molar-refractivity contribution is 1.13. The molecule has 0 amide bonds. The fraction of sp³-hybridized carbons (Fsp3) is 0.143. The Morgan fingerprint density at radius 1 is 1.38 bits per heavy atom. The van der Waals surface area contributed by atoms with Crippen LogP contribution in [0.15, 0.2) is 38.9 Å². The number of aryl methyl sites for hydroxylation is 1. The number of nitrogens with one attached hydrogen (secondary N) is 1. The molecule has 3 aromatic rings. The second-order valence-corrected chi connectivity index (χ2v) is 7.00. The molecule has 0 atom stereocenters. The van der Waals surface area contributed by atoms with Gasteiger partial charge in [-0.1, -0.05) is 30.3 Å². The van der Waals surface area contributed by atoms with Gasteiger partial charge in [0.1, 0.15) is 4.83 Å². The molecule has 2 heterocycles. The summed E-state index contributed by atoms with van der Waals surface area (Å²) in [6, 6.07) is 7.55. The third-order valence-electron chi connectivity index (χ3n) is 2.96. The summed E-state index contributed by atoms with van der Waals surface area (Å²) in [5.74, 6) is 0.152. The zero-order chi connectivity index (χ0) is 15.0. The molecule has 1 aromatic carbocycles. The van der Waals surface area contributed by atoms with Crippen molar-refractivity contribution in [2.45, 2.75) is 23.1 Å². The molecule has 0 aliphatic carbocycles. The van der Waals surface area contributed by atoms with Crippen molar-refractivity contribution in [1.82, 2.24) is 9.97 Å². The van der Waals surface area contributed by atoms with Crippen molar-refractivity contribution >= 4 is 50.9 Å². The topological polar surface area (TPSA) is 71.8 Å². The van der Waals surface area contributed by atoms with Gasteiger partial charge in [-0.3, -0.25) is 9.78 Å². The number of rotatable bonds is 3. The predicted molar refractivity (Wildman–Crippen MR) is 89.6 cm³/mol. The Morgan fingerprint density at radius 3 is 2.76 bits per heavy atom. The number of H-pyrrole nitrogens is 1. The van der Waals surface area contributed by atoms with Crippen LogP contribution in [0.2, 0.25) is 5.02 Å². The maximum atomic E-state index is 12.2. The number of aromatic amines is 1. The van der Waals surface area contributed by atoms with Crippen LogP contribution < -0.4 is 11.3 Å². The Kier molecular flexibility index (Phi) is 3.93. The van der Waals surface area contributed by atoms with E-state index in [1.165, 1.54) is 11.3 Å². The molecule has 0 radical (unpaired) electrons. The Morgan fingerprint density at radius 2 is 2.10 bits per heavy atom. The van der Waals surface area contributed by atoms with E-state index in [0.29, 0.717) is 15.2 Å². The van der Waals surface area contributed by atoms with Gasteiger partial charge in [0.2, 0.25) is 5.95 Å². The lowest BCUT2D eigenvalue weighted by Crippen LogP contribution is -2.10. The summed E-state index contributed by atoms with van der Waals surface area (Å²) in [5, 5.41) is 1.31. The van der Waals surface area contributed by atoms with Gasteiger partial charge in [-0.15, -0.1) is 11.3 Å². The van der Waals surface area contributed by atoms with Crippen LogP contribution in [0.25, 0.3) is 10.2 Å². The van der Waals surface area contributed by atoms with Crippen LogP contribution >= 0.6 is 34.7 Å². The van der Waals surface area contributed by atoms with Gasteiger partial charge in [0.25, 0.3) is 5.56 Å². The van der Waals surface area contributed by atoms with E-state index in [1.54, 1.807) is 11.8 Å². The number of nitrogens with two attached hydrogens (primary N) is 1. The van der Waals surface area contributed by atoms with E-state index in [9.17, 15) is 4.79 Å². The molecule has 0 spiro atoms. The largest absolute Gasteiger partial charge is 0.369 e. The van der Waals surface area contributed by atoms with Gasteiger partial charge in [0.15, 0.2) is 0 Å². The average molecular weight is 338 g/mol. The van der Waals surface area contributed by atoms with Crippen LogP contribution in [0.1, 0.15) is 11.8 Å². The highest BCUT2D eigenvalue weighted by Gasteiger charge is 2.17. The minimum absolute atomic E-state index is 0.152. The highest BCUT2D eigenvalue weighted by Crippen LogP contribution is 2.40. The Balaban J connectivity index is 2.16. The van der Waals surface area contributed by atoms with Gasteiger partial charge in [-0.2, -0.15) is 0 Å². The number of fused-ring (bicyclic) bond motifs is 1. The predicted octanol–water partition coefficient (Wildman–Crippen LogP) is 3.93. The molecule has 0 unspecified atom stereocenters. The van der Waals surface area contributed by atoms with Gasteiger partial charge in [-0.25, -0.2) is 4.98 Å². The van der Waals surface area contributed by atoms with E-state index >= 15 is 0 Å². The molecule has 4 nitrogen and oxygen atoms in total. The monoisotopic (exact) mass is 337 g/mol. The van der Waals surface area contributed by atoms with Crippen molar-refractivity contribution < 1.29 is 0 Å². The van der Waals surface area contributed by atoms with E-state index in [4.69, 9.17) is 17.3 Å². The summed E-state index contributed by atoms with van der Waals surface area (Å²) < 4.78 is 0. The van der Waals surface area contributed by atoms with E-state index in [0.717, 1.165) is 21.1 Å². The van der Waals surface area contributed by atoms with Crippen LogP contribution in [0.5, 0.6) is 0 Å². The zero-order valence-electron chi connectivity index (χ0n) is 11.1. The van der Waals surface area contributed by atoms with Gasteiger partial charge >= 0.3 is 0 Å². The maximum absolute atomic E-state index is 12.2. The summed E-state index contributed by atoms with van der Waals surface area (Å²) >= 11 is 8.97. The SMILES string of the molecule is CCc1sc2nc(N)[nH]c(=O)c2c1Sc1ccc(Cl)cc1. The third kappa shape index (κ3) is 2.79. The van der Waals surface area contributed by atoms with Gasteiger partial charge in [-0.05, 0) is 30.7 Å². The smallest absolute Gasteiger partial charge is 0.262 e. The molecule has 0 aliphatic rings. The highest BCUT2D eigenvalue weighted by molar-refractivity contribution is 7.99. The fourth-order valence-corrected chi connectivity index (χ4v) is 4.52. The molecule has 7 heteroatoms. The molecule has 2 aromatic heterocycles. The third-order valence-corrected chi connectivity index (χ3v) is 5.73. The number of thiophene rings is 1. The van der Waals surface area contributed by atoms with Crippen molar-refractivity contribution in [2.75, 3.05) is 5.73 Å². The van der Waals surface area contributed by atoms with E-state index < -0.39 is 0 Å². The van der Waals surface area contributed by atoms with Crippen LogP contribution in [-0.2, 0) is 6.42 Å². The highest BCUT2D eigenvalue weighted by atomic mass is 35.5. The normalized spacial score (nSPS) is 11.1. The average Bonchev–Trinajstić information content (AvgIpc) is 2.79. The van der Waals surface area contributed by atoms with Crippen LogP contribution in [0.4, 0.5) is 5.95 Å². The summed E-state index contributed by atoms with van der Waals surface area (Å²) in [6.07, 6.45) is 0.844. The number of aromatic nitrogens is 2. The molecule has 0 saturated heterocycles. The number of hydrogen-bond donors (Lipinski definition) is 2. The van der Waals surface area contributed by atoms with Crippen molar-refractivity contribution in [2.24, 2.45) is 0 Å². The Hall–Kier alpha value is -1.50. The van der Waals surface area contributed by atoms with Gasteiger partial charge in [0.05, 0.1) is 5.39 Å². The first-order valence-electron chi connectivity index (χ1n) is 6.33. The molecule has 3 rings (SSSR count). The first-order chi connectivity index (χ1) is 10.1. The first-order valence-corrected chi connectivity index (χ1v) is 8.34. The first kappa shape index (κ1) is 14.4. The number of benzene rings is 1. The number of anilines is 1. The minimum atomic E-state index is -0.190. The molecule has 0 bridgehead atoms. The molecule has 0 saturated carbocycles. The molecule has 108 valence electrons. The summed E-state index contributed by atoms with van der Waals surface area (Å²) in [5.41, 5.74) is 5.42. The Labute approximate surface area is 134 Å². The second kappa shape index (κ2) is 5.71. The van der Waals surface area contributed by atoms with E-state index in [2.05, 4.69) is 16.9 Å². The minimum Gasteiger partial charge on any atom is -0.369 e. The summed E-state index contributed by atoms with van der Waals surface area (Å²) in [7, 11) is 0. The number of nitrogens with zero attached hydrogens (tertiary/aromatic N) is 1. The van der Waals surface area contributed by atoms with Gasteiger partial charge in [0, 0.05) is 19.7 Å². The fourth-order valence-electron chi connectivity index (χ4n) is 2.01. The van der Waals surface area contributed by atoms with Crippen molar-refractivity contribution in [3.8, 4) is 0 Å². The molecule has 3 N–H and O–H groups in total. The number of halogens is 1. The Bertz CT molecular complexity index is 855. The molecule has 0 aliphatic heterocycles. The van der Waals surface area contributed by atoms with Crippen molar-refractivity contribution in [3.05, 3.63) is 44.5 Å². The van der Waals surface area contributed by atoms with Crippen molar-refractivity contribution in [1.29, 1.82) is 0 Å². The van der Waals surface area contributed by atoms with Crippen LogP contribution in [0.3, 0.4) is 0 Å².